The largest absolute Gasteiger partial charge is 0.497 e. The van der Waals surface area contributed by atoms with E-state index < -0.39 is 0 Å². The van der Waals surface area contributed by atoms with E-state index >= 15 is 0 Å². The number of nitrogens with zero attached hydrogens (tertiary/aromatic N) is 2. The molecule has 0 saturated carbocycles. The summed E-state index contributed by atoms with van der Waals surface area (Å²) in [7, 11) is 3.26. The second kappa shape index (κ2) is 10.7. The molecule has 24 heavy (non-hydrogen) atoms. The Morgan fingerprint density at radius 2 is 2.04 bits per heavy atom. The normalized spacial score (nSPS) is 10.7. The predicted octanol–water partition coefficient (Wildman–Crippen LogP) is 2.57. The number of ether oxygens (including phenoxy) is 2. The molecule has 0 aliphatic heterocycles. The molecule has 0 spiro atoms. The minimum Gasteiger partial charge on any atom is -0.497 e. The molecule has 0 aliphatic carbocycles. The van der Waals surface area contributed by atoms with Gasteiger partial charge in [0.05, 0.1) is 27.3 Å². The summed E-state index contributed by atoms with van der Waals surface area (Å²) in [4.78, 5) is 4.56. The van der Waals surface area contributed by atoms with Gasteiger partial charge < -0.3 is 24.6 Å². The van der Waals surface area contributed by atoms with Crippen LogP contribution in [0.2, 0.25) is 0 Å². The predicted molar refractivity (Wildman–Crippen MR) is 103 cm³/mol. The number of hydrogen-bond donors (Lipinski definition) is 2. The maximum Gasteiger partial charge on any atom is 0.191 e. The van der Waals surface area contributed by atoms with Gasteiger partial charge in [-0.15, -0.1) is 24.0 Å². The van der Waals surface area contributed by atoms with Crippen molar-refractivity contribution in [2.24, 2.45) is 4.99 Å². The zero-order valence-corrected chi connectivity index (χ0v) is 16.4. The zero-order chi connectivity index (χ0) is 16.5. The number of nitrogens with one attached hydrogen (secondary N) is 2. The fraction of sp³-hybridized carbons (Fsp3) is 0.375. The van der Waals surface area contributed by atoms with Gasteiger partial charge >= 0.3 is 0 Å². The highest BCUT2D eigenvalue weighted by molar-refractivity contribution is 14.0. The van der Waals surface area contributed by atoms with Crippen LogP contribution >= 0.6 is 24.0 Å². The molecular formula is C16H23IN4O3. The maximum absolute atomic E-state index is 5.39. The summed E-state index contributed by atoms with van der Waals surface area (Å²) in [5.74, 6) is 2.21. The molecule has 0 bridgehead atoms. The highest BCUT2D eigenvalue weighted by atomic mass is 127. The van der Waals surface area contributed by atoms with Gasteiger partial charge in [-0.2, -0.15) is 0 Å². The van der Waals surface area contributed by atoms with Gasteiger partial charge in [0.1, 0.15) is 23.5 Å². The van der Waals surface area contributed by atoms with Crippen molar-refractivity contribution in [3.05, 3.63) is 41.8 Å². The van der Waals surface area contributed by atoms with Crippen molar-refractivity contribution in [3.63, 3.8) is 0 Å². The van der Waals surface area contributed by atoms with E-state index in [4.69, 9.17) is 14.0 Å². The maximum atomic E-state index is 5.39. The topological polar surface area (TPSA) is 80.9 Å². The molecule has 2 aromatic rings. The summed E-state index contributed by atoms with van der Waals surface area (Å²) in [6, 6.07) is 7.50. The Hall–Kier alpha value is -1.97. The first kappa shape index (κ1) is 20.1. The summed E-state index contributed by atoms with van der Waals surface area (Å²) in [5, 5.41) is 10.3. The first-order valence-electron chi connectivity index (χ1n) is 7.39. The van der Waals surface area contributed by atoms with E-state index in [1.165, 1.54) is 0 Å². The lowest BCUT2D eigenvalue weighted by atomic mass is 10.2. The van der Waals surface area contributed by atoms with Crippen LogP contribution in [0.3, 0.4) is 0 Å². The summed E-state index contributed by atoms with van der Waals surface area (Å²) in [6.45, 7) is 3.81. The third kappa shape index (κ3) is 5.91. The second-order valence-electron chi connectivity index (χ2n) is 4.72. The van der Waals surface area contributed by atoms with Crippen LogP contribution in [0.25, 0.3) is 0 Å². The number of benzene rings is 1. The Balaban J connectivity index is 0.00000288. The van der Waals surface area contributed by atoms with Crippen LogP contribution in [0, 0.1) is 0 Å². The van der Waals surface area contributed by atoms with Crippen molar-refractivity contribution in [1.29, 1.82) is 0 Å². The Morgan fingerprint density at radius 1 is 1.21 bits per heavy atom. The lowest BCUT2D eigenvalue weighted by Crippen LogP contribution is -2.36. The molecule has 7 nitrogen and oxygen atoms in total. The van der Waals surface area contributed by atoms with Gasteiger partial charge in [-0.25, -0.2) is 4.99 Å². The molecular weight excluding hydrogens is 423 g/mol. The highest BCUT2D eigenvalue weighted by Gasteiger charge is 2.06. The van der Waals surface area contributed by atoms with Gasteiger partial charge in [0.2, 0.25) is 0 Å². The Morgan fingerprint density at radius 3 is 2.67 bits per heavy atom. The van der Waals surface area contributed by atoms with Gasteiger partial charge in [0, 0.05) is 24.2 Å². The fourth-order valence-corrected chi connectivity index (χ4v) is 1.99. The Bertz CT molecular complexity index is 632. The molecule has 0 aliphatic rings. The van der Waals surface area contributed by atoms with Crippen molar-refractivity contribution in [1.82, 2.24) is 15.8 Å². The number of guanidine groups is 1. The number of methoxy groups -OCH3 is 2. The van der Waals surface area contributed by atoms with Gasteiger partial charge in [-0.3, -0.25) is 0 Å². The number of halogens is 1. The van der Waals surface area contributed by atoms with Crippen LogP contribution in [0.1, 0.15) is 18.2 Å². The highest BCUT2D eigenvalue weighted by Crippen LogP contribution is 2.25. The van der Waals surface area contributed by atoms with E-state index in [-0.39, 0.29) is 24.0 Å². The average Bonchev–Trinajstić information content (AvgIpc) is 3.10. The van der Waals surface area contributed by atoms with Crippen molar-refractivity contribution in [3.8, 4) is 11.5 Å². The molecule has 1 heterocycles. The summed E-state index contributed by atoms with van der Waals surface area (Å²) in [6.07, 6.45) is 1.54. The minimum atomic E-state index is 0. The van der Waals surface area contributed by atoms with Gasteiger partial charge in [-0.05, 0) is 19.1 Å². The van der Waals surface area contributed by atoms with Crippen LogP contribution in [0.5, 0.6) is 11.5 Å². The number of rotatable bonds is 7. The van der Waals surface area contributed by atoms with Crippen LogP contribution in [0.15, 0.2) is 40.0 Å². The molecule has 2 N–H and O–H groups in total. The van der Waals surface area contributed by atoms with Crippen molar-refractivity contribution >= 4 is 29.9 Å². The van der Waals surface area contributed by atoms with E-state index in [2.05, 4.69) is 20.8 Å². The molecule has 8 heteroatoms. The lowest BCUT2D eigenvalue weighted by Gasteiger charge is -2.12. The number of hydrogen-bond acceptors (Lipinski definition) is 5. The van der Waals surface area contributed by atoms with Gasteiger partial charge in [0.25, 0.3) is 0 Å². The van der Waals surface area contributed by atoms with Crippen molar-refractivity contribution < 1.29 is 14.0 Å². The van der Waals surface area contributed by atoms with E-state index in [9.17, 15) is 0 Å². The first-order chi connectivity index (χ1) is 11.3. The van der Waals surface area contributed by atoms with Crippen LogP contribution in [-0.2, 0) is 13.1 Å². The van der Waals surface area contributed by atoms with Crippen LogP contribution < -0.4 is 20.1 Å². The molecule has 1 aromatic carbocycles. The van der Waals surface area contributed by atoms with E-state index in [0.717, 1.165) is 29.3 Å². The van der Waals surface area contributed by atoms with E-state index in [1.807, 2.05) is 31.2 Å². The summed E-state index contributed by atoms with van der Waals surface area (Å²) >= 11 is 0. The zero-order valence-electron chi connectivity index (χ0n) is 14.0. The van der Waals surface area contributed by atoms with Crippen LogP contribution in [-0.4, -0.2) is 31.9 Å². The molecule has 132 valence electrons. The van der Waals surface area contributed by atoms with Crippen molar-refractivity contribution in [2.75, 3.05) is 20.8 Å². The number of aromatic nitrogens is 1. The molecule has 0 fully saturated rings. The molecule has 0 amide bonds. The van der Waals surface area contributed by atoms with Crippen molar-refractivity contribution in [2.45, 2.75) is 20.0 Å². The SMILES string of the molecule is CCNC(=NCc1ccc(OC)cc1OC)NCc1ccon1.I. The Labute approximate surface area is 158 Å². The molecule has 0 atom stereocenters. The summed E-state index contributed by atoms with van der Waals surface area (Å²) < 4.78 is 15.4. The summed E-state index contributed by atoms with van der Waals surface area (Å²) in [5.41, 5.74) is 1.80. The molecule has 0 unspecified atom stereocenters. The Kier molecular flexibility index (Phi) is 8.98. The smallest absolute Gasteiger partial charge is 0.191 e. The van der Waals surface area contributed by atoms with Crippen LogP contribution in [0.4, 0.5) is 0 Å². The van der Waals surface area contributed by atoms with E-state index in [1.54, 1.807) is 20.5 Å². The third-order valence-corrected chi connectivity index (χ3v) is 3.17. The molecule has 2 rings (SSSR count). The second-order valence-corrected chi connectivity index (χ2v) is 4.72. The average molecular weight is 446 g/mol. The molecule has 1 aromatic heterocycles. The van der Waals surface area contributed by atoms with Gasteiger partial charge in [0.15, 0.2) is 5.96 Å². The lowest BCUT2D eigenvalue weighted by molar-refractivity contribution is 0.391. The monoisotopic (exact) mass is 446 g/mol. The quantitative estimate of drug-likeness (QED) is 0.387. The first-order valence-corrected chi connectivity index (χ1v) is 7.39. The standard InChI is InChI=1S/C16H22N4O3.HI/c1-4-17-16(19-11-13-7-8-23-20-13)18-10-12-5-6-14(21-2)9-15(12)22-3;/h5-9H,4,10-11H2,1-3H3,(H2,17,18,19);1H. The number of aliphatic imine (C=N–C) groups is 1. The minimum absolute atomic E-state index is 0. The molecule has 0 saturated heterocycles. The molecule has 0 radical (unpaired) electrons. The fourth-order valence-electron chi connectivity index (χ4n) is 1.99. The van der Waals surface area contributed by atoms with Gasteiger partial charge in [-0.1, -0.05) is 5.16 Å². The van der Waals surface area contributed by atoms with E-state index in [0.29, 0.717) is 19.0 Å². The third-order valence-electron chi connectivity index (χ3n) is 3.17.